The number of fused-ring (bicyclic) bond motifs is 1. The fraction of sp³-hybridized carbons (Fsp3) is 0.438. The molecule has 2 rings (SSSR count). The van der Waals surface area contributed by atoms with Crippen molar-refractivity contribution in [2.75, 3.05) is 11.4 Å². The molecule has 0 radical (unpaired) electrons. The van der Waals surface area contributed by atoms with Gasteiger partial charge in [-0.2, -0.15) is 0 Å². The van der Waals surface area contributed by atoms with Gasteiger partial charge in [-0.05, 0) is 44.2 Å². The van der Waals surface area contributed by atoms with E-state index in [-0.39, 0.29) is 5.91 Å². The first-order chi connectivity index (χ1) is 8.74. The van der Waals surface area contributed by atoms with E-state index < -0.39 is 0 Å². The Morgan fingerprint density at radius 3 is 2.89 bits per heavy atom. The lowest BCUT2D eigenvalue weighted by molar-refractivity contribution is -0.115. The van der Waals surface area contributed by atoms with Crippen molar-refractivity contribution in [1.29, 1.82) is 0 Å². The maximum atomic E-state index is 12.5. The Morgan fingerprint density at radius 2 is 2.11 bits per heavy atom. The summed E-state index contributed by atoms with van der Waals surface area (Å²) in [7, 11) is 0. The molecular weight excluding hydrogens is 222 g/mol. The first-order valence-corrected chi connectivity index (χ1v) is 6.80. The lowest BCUT2D eigenvalue weighted by Crippen LogP contribution is -2.32. The highest BCUT2D eigenvalue weighted by Gasteiger charge is 2.21. The number of para-hydroxylation sites is 1. The number of anilines is 1. The number of carbonyl (C=O) groups is 1. The molecule has 2 heteroatoms. The summed E-state index contributed by atoms with van der Waals surface area (Å²) in [6.07, 6.45) is 6.25. The fourth-order valence-corrected chi connectivity index (χ4v) is 2.51. The molecule has 1 heterocycles. The predicted octanol–water partition coefficient (Wildman–Crippen LogP) is 3.71. The third-order valence-electron chi connectivity index (χ3n) is 3.45. The minimum absolute atomic E-state index is 0.159. The number of nitrogens with zero attached hydrogens (tertiary/aromatic N) is 1. The molecule has 0 N–H and O–H groups in total. The van der Waals surface area contributed by atoms with Crippen LogP contribution in [0.5, 0.6) is 0 Å². The minimum Gasteiger partial charge on any atom is -0.308 e. The zero-order chi connectivity index (χ0) is 13.0. The largest absolute Gasteiger partial charge is 0.308 e. The summed E-state index contributed by atoms with van der Waals surface area (Å²) in [6.45, 7) is 4.82. The quantitative estimate of drug-likeness (QED) is 0.725. The van der Waals surface area contributed by atoms with Crippen molar-refractivity contribution >= 4 is 11.6 Å². The van der Waals surface area contributed by atoms with Gasteiger partial charge < -0.3 is 4.90 Å². The zero-order valence-electron chi connectivity index (χ0n) is 11.3. The first kappa shape index (κ1) is 12.9. The van der Waals surface area contributed by atoms with Crippen molar-refractivity contribution in [3.8, 4) is 0 Å². The van der Waals surface area contributed by atoms with Crippen LogP contribution in [0.15, 0.2) is 35.9 Å². The van der Waals surface area contributed by atoms with Crippen LogP contribution in [-0.2, 0) is 11.2 Å². The van der Waals surface area contributed by atoms with Crippen molar-refractivity contribution in [2.45, 2.75) is 39.5 Å². The van der Waals surface area contributed by atoms with Crippen LogP contribution in [0.2, 0.25) is 0 Å². The van der Waals surface area contributed by atoms with E-state index in [1.54, 1.807) is 0 Å². The molecule has 1 aromatic rings. The maximum absolute atomic E-state index is 12.5. The fourth-order valence-electron chi connectivity index (χ4n) is 2.51. The van der Waals surface area contributed by atoms with Gasteiger partial charge in [0, 0.05) is 17.8 Å². The van der Waals surface area contributed by atoms with Gasteiger partial charge in [0.2, 0.25) is 0 Å². The molecule has 96 valence electrons. The van der Waals surface area contributed by atoms with E-state index in [1.165, 1.54) is 5.56 Å². The zero-order valence-corrected chi connectivity index (χ0v) is 11.3. The summed E-state index contributed by atoms with van der Waals surface area (Å²) in [5.74, 6) is 0.159. The number of rotatable bonds is 2. The predicted molar refractivity (Wildman–Crippen MR) is 75.8 cm³/mol. The van der Waals surface area contributed by atoms with Crippen LogP contribution in [0.1, 0.15) is 38.7 Å². The number of hydrogen-bond donors (Lipinski definition) is 0. The van der Waals surface area contributed by atoms with E-state index in [9.17, 15) is 4.79 Å². The van der Waals surface area contributed by atoms with Crippen molar-refractivity contribution in [2.24, 2.45) is 0 Å². The van der Waals surface area contributed by atoms with E-state index >= 15 is 0 Å². The molecule has 0 bridgehead atoms. The van der Waals surface area contributed by atoms with Crippen LogP contribution >= 0.6 is 0 Å². The molecule has 0 fully saturated rings. The van der Waals surface area contributed by atoms with Crippen LogP contribution in [0.3, 0.4) is 0 Å². The summed E-state index contributed by atoms with van der Waals surface area (Å²) in [5.41, 5.74) is 3.26. The van der Waals surface area contributed by atoms with Gasteiger partial charge in [-0.15, -0.1) is 0 Å². The minimum atomic E-state index is 0.159. The number of carbonyl (C=O) groups excluding carboxylic acids is 1. The lowest BCUT2D eigenvalue weighted by atomic mass is 10.1. The Labute approximate surface area is 109 Å². The van der Waals surface area contributed by atoms with Gasteiger partial charge in [0.1, 0.15) is 0 Å². The molecule has 1 amide bonds. The van der Waals surface area contributed by atoms with Crippen molar-refractivity contribution in [1.82, 2.24) is 0 Å². The second kappa shape index (κ2) is 5.85. The highest BCUT2D eigenvalue weighted by Crippen LogP contribution is 2.27. The number of allylic oxidation sites excluding steroid dienone is 1. The van der Waals surface area contributed by atoms with E-state index in [0.717, 1.165) is 43.5 Å². The van der Waals surface area contributed by atoms with Crippen LogP contribution in [0, 0.1) is 0 Å². The molecule has 1 aliphatic heterocycles. The van der Waals surface area contributed by atoms with Crippen LogP contribution in [0.25, 0.3) is 0 Å². The third-order valence-corrected chi connectivity index (χ3v) is 3.45. The van der Waals surface area contributed by atoms with Crippen LogP contribution in [0.4, 0.5) is 5.69 Å². The monoisotopic (exact) mass is 243 g/mol. The van der Waals surface area contributed by atoms with Crippen molar-refractivity contribution < 1.29 is 4.79 Å². The molecule has 0 saturated carbocycles. The van der Waals surface area contributed by atoms with E-state index in [0.29, 0.717) is 0 Å². The summed E-state index contributed by atoms with van der Waals surface area (Å²) in [6, 6.07) is 8.28. The van der Waals surface area contributed by atoms with E-state index in [4.69, 9.17) is 0 Å². The van der Waals surface area contributed by atoms with Crippen molar-refractivity contribution in [3.63, 3.8) is 0 Å². The van der Waals surface area contributed by atoms with Gasteiger partial charge in [0.15, 0.2) is 0 Å². The lowest BCUT2D eigenvalue weighted by Gasteiger charge is -2.23. The Balaban J connectivity index is 2.33. The van der Waals surface area contributed by atoms with E-state index in [2.05, 4.69) is 25.1 Å². The standard InChI is InChI=1S/C16H21NO/c1-3-8-13(2)16(18)17-12-7-6-10-14-9-4-5-11-15(14)17/h4-5,8-9,11H,3,6-7,10,12H2,1-2H3. The molecule has 0 aliphatic carbocycles. The van der Waals surface area contributed by atoms with Gasteiger partial charge in [-0.25, -0.2) is 0 Å². The average molecular weight is 243 g/mol. The third kappa shape index (κ3) is 2.63. The summed E-state index contributed by atoms with van der Waals surface area (Å²) in [4.78, 5) is 14.4. The molecule has 18 heavy (non-hydrogen) atoms. The van der Waals surface area contributed by atoms with Crippen LogP contribution < -0.4 is 4.90 Å². The normalized spacial score (nSPS) is 16.1. The molecule has 1 aromatic carbocycles. The summed E-state index contributed by atoms with van der Waals surface area (Å²) < 4.78 is 0. The molecule has 0 saturated heterocycles. The molecule has 0 aromatic heterocycles. The second-order valence-corrected chi connectivity index (χ2v) is 4.84. The SMILES string of the molecule is CCC=C(C)C(=O)N1CCCCc2ccccc21. The molecule has 0 atom stereocenters. The number of hydrogen-bond acceptors (Lipinski definition) is 1. The average Bonchev–Trinajstić information content (AvgIpc) is 2.60. The number of amides is 1. The molecular formula is C16H21NO. The molecule has 2 nitrogen and oxygen atoms in total. The number of benzene rings is 1. The highest BCUT2D eigenvalue weighted by atomic mass is 16.2. The maximum Gasteiger partial charge on any atom is 0.253 e. The molecule has 1 aliphatic rings. The number of aryl methyl sites for hydroxylation is 1. The first-order valence-electron chi connectivity index (χ1n) is 6.80. The summed E-state index contributed by atoms with van der Waals surface area (Å²) in [5, 5.41) is 0. The van der Waals surface area contributed by atoms with Gasteiger partial charge in [-0.1, -0.05) is 31.2 Å². The van der Waals surface area contributed by atoms with Gasteiger partial charge in [-0.3, -0.25) is 4.79 Å². The summed E-state index contributed by atoms with van der Waals surface area (Å²) >= 11 is 0. The Bertz CT molecular complexity index is 462. The Hall–Kier alpha value is -1.57. The highest BCUT2D eigenvalue weighted by molar-refractivity contribution is 6.05. The molecule has 0 unspecified atom stereocenters. The Kier molecular flexibility index (Phi) is 4.19. The second-order valence-electron chi connectivity index (χ2n) is 4.84. The van der Waals surface area contributed by atoms with Gasteiger partial charge in [0.05, 0.1) is 0 Å². The Morgan fingerprint density at radius 1 is 1.33 bits per heavy atom. The van der Waals surface area contributed by atoms with E-state index in [1.807, 2.05) is 24.0 Å². The van der Waals surface area contributed by atoms with Gasteiger partial charge >= 0.3 is 0 Å². The molecule has 0 spiro atoms. The van der Waals surface area contributed by atoms with Crippen molar-refractivity contribution in [3.05, 3.63) is 41.5 Å². The van der Waals surface area contributed by atoms with Gasteiger partial charge in [0.25, 0.3) is 5.91 Å². The van der Waals surface area contributed by atoms with Crippen LogP contribution in [-0.4, -0.2) is 12.5 Å². The topological polar surface area (TPSA) is 20.3 Å². The smallest absolute Gasteiger partial charge is 0.253 e.